The average Bonchev–Trinajstić information content (AvgIpc) is 3.17. The van der Waals surface area contributed by atoms with Crippen molar-refractivity contribution in [3.05, 3.63) is 81.7 Å². The summed E-state index contributed by atoms with van der Waals surface area (Å²) in [5, 5.41) is 21.1. The molecule has 32 heavy (non-hydrogen) atoms. The van der Waals surface area contributed by atoms with Gasteiger partial charge in [-0.1, -0.05) is 61.0 Å². The van der Waals surface area contributed by atoms with Crippen LogP contribution in [0.2, 0.25) is 5.02 Å². The van der Waals surface area contributed by atoms with Crippen LogP contribution in [-0.2, 0) is 17.6 Å². The molecule has 6 heteroatoms. The highest BCUT2D eigenvalue weighted by molar-refractivity contribution is 7.19. The number of aliphatic carboxylic acids is 1. The summed E-state index contributed by atoms with van der Waals surface area (Å²) in [6, 6.07) is 18.6. The van der Waals surface area contributed by atoms with Crippen molar-refractivity contribution in [2.45, 2.75) is 32.8 Å². The highest BCUT2D eigenvalue weighted by Crippen LogP contribution is 2.46. The van der Waals surface area contributed by atoms with E-state index in [1.807, 2.05) is 61.5 Å². The minimum Gasteiger partial charge on any atom is -0.506 e. The van der Waals surface area contributed by atoms with Gasteiger partial charge in [-0.2, -0.15) is 0 Å². The first-order valence-electron chi connectivity index (χ1n) is 10.4. The number of aromatic hydroxyl groups is 1. The monoisotopic (exact) mass is 466 g/mol. The van der Waals surface area contributed by atoms with E-state index in [9.17, 15) is 15.0 Å². The van der Waals surface area contributed by atoms with Gasteiger partial charge in [0.25, 0.3) is 0 Å². The molecule has 1 heterocycles. The first-order chi connectivity index (χ1) is 15.4. The van der Waals surface area contributed by atoms with Crippen LogP contribution in [0.15, 0.2) is 60.7 Å². The number of carboxylic acids is 1. The Kier molecular flexibility index (Phi) is 6.40. The Morgan fingerprint density at radius 3 is 2.53 bits per heavy atom. The number of fused-ring (bicyclic) bond motifs is 1. The van der Waals surface area contributed by atoms with Crippen LogP contribution >= 0.6 is 22.9 Å². The maximum absolute atomic E-state index is 12.0. The molecule has 1 atom stereocenters. The molecule has 0 bridgehead atoms. The summed E-state index contributed by atoms with van der Waals surface area (Å²) < 4.78 is 7.15. The second-order valence-corrected chi connectivity index (χ2v) is 9.10. The number of aryl methyl sites for hydroxylation is 1. The Hall–Kier alpha value is -3.02. The Morgan fingerprint density at radius 2 is 1.84 bits per heavy atom. The van der Waals surface area contributed by atoms with Gasteiger partial charge in [0.05, 0.1) is 5.02 Å². The Bertz CT molecular complexity index is 1280. The lowest BCUT2D eigenvalue weighted by molar-refractivity contribution is -0.144. The van der Waals surface area contributed by atoms with Gasteiger partial charge in [-0.05, 0) is 48.2 Å². The first-order valence-corrected chi connectivity index (χ1v) is 11.6. The van der Waals surface area contributed by atoms with Crippen LogP contribution in [0.25, 0.3) is 21.2 Å². The number of carbonyl (C=O) groups is 1. The van der Waals surface area contributed by atoms with Gasteiger partial charge in [-0.3, -0.25) is 0 Å². The van der Waals surface area contributed by atoms with E-state index in [1.165, 1.54) is 0 Å². The zero-order chi connectivity index (χ0) is 22.8. The summed E-state index contributed by atoms with van der Waals surface area (Å²) in [6.45, 7) is 3.96. The van der Waals surface area contributed by atoms with Gasteiger partial charge >= 0.3 is 5.97 Å². The molecule has 0 spiro atoms. The standard InChI is InChI=1S/C26H23ClO4S/c1-3-21-23(17-12-13-18(28)25(27)15(17)2)24-19(10-7-11-22(24)32-21)31-20(26(29)30)14-16-8-5-4-6-9-16/h4-13,20,28H,3,14H2,1-2H3,(H,29,30)/t20-/m1/s1. The van der Waals surface area contributed by atoms with E-state index >= 15 is 0 Å². The zero-order valence-electron chi connectivity index (χ0n) is 17.8. The number of hydrogen-bond donors (Lipinski definition) is 2. The van der Waals surface area contributed by atoms with Crippen LogP contribution in [0.4, 0.5) is 0 Å². The highest BCUT2D eigenvalue weighted by atomic mass is 35.5. The lowest BCUT2D eigenvalue weighted by atomic mass is 9.96. The Labute approximate surface area is 195 Å². The smallest absolute Gasteiger partial charge is 0.345 e. The molecule has 4 rings (SSSR count). The molecule has 0 fully saturated rings. The second-order valence-electron chi connectivity index (χ2n) is 7.59. The fraction of sp³-hybridized carbons (Fsp3) is 0.192. The molecule has 0 aliphatic carbocycles. The van der Waals surface area contributed by atoms with Crippen molar-refractivity contribution in [3.63, 3.8) is 0 Å². The van der Waals surface area contributed by atoms with Crippen molar-refractivity contribution in [1.82, 2.24) is 0 Å². The molecule has 1 aromatic heterocycles. The summed E-state index contributed by atoms with van der Waals surface area (Å²) in [5.74, 6) is -0.446. The summed E-state index contributed by atoms with van der Waals surface area (Å²) in [4.78, 5) is 13.2. The van der Waals surface area contributed by atoms with E-state index in [4.69, 9.17) is 16.3 Å². The number of carboxylic acid groups (broad SMARTS) is 1. The Morgan fingerprint density at radius 1 is 1.09 bits per heavy atom. The molecule has 0 unspecified atom stereocenters. The number of benzene rings is 3. The minimum atomic E-state index is -1.02. The van der Waals surface area contributed by atoms with Gasteiger partial charge in [0.15, 0.2) is 6.10 Å². The molecule has 0 aliphatic heterocycles. The van der Waals surface area contributed by atoms with Gasteiger partial charge < -0.3 is 14.9 Å². The summed E-state index contributed by atoms with van der Waals surface area (Å²) in [5.41, 5.74) is 3.55. The summed E-state index contributed by atoms with van der Waals surface area (Å²) in [6.07, 6.45) is 0.0418. The molecular weight excluding hydrogens is 444 g/mol. The molecule has 4 aromatic rings. The van der Waals surface area contributed by atoms with Crippen molar-refractivity contribution in [2.75, 3.05) is 0 Å². The average molecular weight is 467 g/mol. The maximum Gasteiger partial charge on any atom is 0.345 e. The predicted molar refractivity (Wildman–Crippen MR) is 130 cm³/mol. The van der Waals surface area contributed by atoms with E-state index in [0.717, 1.165) is 43.6 Å². The number of thiophene rings is 1. The largest absolute Gasteiger partial charge is 0.506 e. The Balaban J connectivity index is 1.85. The summed E-state index contributed by atoms with van der Waals surface area (Å²) >= 11 is 8.00. The van der Waals surface area contributed by atoms with Gasteiger partial charge in [0.1, 0.15) is 11.5 Å². The van der Waals surface area contributed by atoms with Crippen molar-refractivity contribution >= 4 is 39.0 Å². The number of halogens is 1. The third kappa shape index (κ3) is 4.18. The molecule has 0 saturated heterocycles. The minimum absolute atomic E-state index is 0.0378. The van der Waals surface area contributed by atoms with Crippen LogP contribution in [0.3, 0.4) is 0 Å². The van der Waals surface area contributed by atoms with E-state index in [0.29, 0.717) is 10.8 Å². The molecule has 164 valence electrons. The number of phenols is 1. The molecule has 0 amide bonds. The summed E-state index contributed by atoms with van der Waals surface area (Å²) in [7, 11) is 0. The molecular formula is C26H23ClO4S. The van der Waals surface area contributed by atoms with E-state index in [2.05, 4.69) is 6.92 Å². The third-order valence-corrected chi connectivity index (χ3v) is 7.29. The van der Waals surface area contributed by atoms with Gasteiger partial charge in [0, 0.05) is 26.9 Å². The molecule has 0 saturated carbocycles. The fourth-order valence-electron chi connectivity index (χ4n) is 3.90. The van der Waals surface area contributed by atoms with E-state index in [1.54, 1.807) is 17.4 Å². The molecule has 0 aliphatic rings. The van der Waals surface area contributed by atoms with Crippen molar-refractivity contribution in [1.29, 1.82) is 0 Å². The van der Waals surface area contributed by atoms with Gasteiger partial charge in [-0.25, -0.2) is 4.79 Å². The molecule has 4 nitrogen and oxygen atoms in total. The van der Waals surface area contributed by atoms with E-state index < -0.39 is 12.1 Å². The second kappa shape index (κ2) is 9.23. The lowest BCUT2D eigenvalue weighted by Gasteiger charge is -2.18. The number of hydrogen-bond acceptors (Lipinski definition) is 4. The quantitative estimate of drug-likeness (QED) is 0.312. The van der Waals surface area contributed by atoms with Gasteiger partial charge in [0.2, 0.25) is 0 Å². The van der Waals surface area contributed by atoms with Crippen molar-refractivity contribution < 1.29 is 19.7 Å². The van der Waals surface area contributed by atoms with Crippen molar-refractivity contribution in [2.24, 2.45) is 0 Å². The highest BCUT2D eigenvalue weighted by Gasteiger charge is 2.24. The van der Waals surface area contributed by atoms with Crippen molar-refractivity contribution in [3.8, 4) is 22.6 Å². The number of ether oxygens (including phenoxy) is 1. The van der Waals surface area contributed by atoms with Gasteiger partial charge in [-0.15, -0.1) is 11.3 Å². The third-order valence-electron chi connectivity index (χ3n) is 5.52. The molecule has 3 aromatic carbocycles. The van der Waals surface area contributed by atoms with Crippen LogP contribution in [-0.4, -0.2) is 22.3 Å². The molecule has 2 N–H and O–H groups in total. The van der Waals surface area contributed by atoms with Crippen LogP contribution < -0.4 is 4.74 Å². The first kappa shape index (κ1) is 22.2. The van der Waals surface area contributed by atoms with Crippen LogP contribution in [0.5, 0.6) is 11.5 Å². The number of rotatable bonds is 7. The predicted octanol–water partition coefficient (Wildman–Crippen LogP) is 6.87. The van der Waals surface area contributed by atoms with E-state index in [-0.39, 0.29) is 12.2 Å². The SMILES string of the molecule is CCc1sc2cccc(O[C@H](Cc3ccccc3)C(=O)O)c2c1-c1ccc(O)c(Cl)c1C. The molecule has 0 radical (unpaired) electrons. The van der Waals surface area contributed by atoms with Crippen LogP contribution in [0, 0.1) is 6.92 Å². The normalized spacial score (nSPS) is 12.1. The lowest BCUT2D eigenvalue weighted by Crippen LogP contribution is -2.29. The maximum atomic E-state index is 12.0. The van der Waals surface area contributed by atoms with Crippen LogP contribution in [0.1, 0.15) is 22.9 Å². The number of phenolic OH excluding ortho intramolecular Hbond substituents is 1. The zero-order valence-corrected chi connectivity index (χ0v) is 19.3. The topological polar surface area (TPSA) is 66.8 Å². The fourth-order valence-corrected chi connectivity index (χ4v) is 5.24.